The molecule has 0 saturated carbocycles. The molecule has 0 amide bonds. The number of nitrogens with zero attached hydrogens (tertiary/aromatic N) is 1. The fourth-order valence-electron chi connectivity index (χ4n) is 1.34. The van der Waals surface area contributed by atoms with Crippen molar-refractivity contribution in [1.82, 2.24) is 4.90 Å². The lowest BCUT2D eigenvalue weighted by atomic mass is 10.0. The van der Waals surface area contributed by atoms with E-state index in [9.17, 15) is 9.90 Å². The first-order valence-electron chi connectivity index (χ1n) is 5.66. The Morgan fingerprint density at radius 1 is 1.56 bits per heavy atom. The summed E-state index contributed by atoms with van der Waals surface area (Å²) < 4.78 is 0. The fraction of sp³-hybridized carbons (Fsp3) is 0.462. The van der Waals surface area contributed by atoms with E-state index in [1.54, 1.807) is 17.4 Å². The monoisotopic (exact) mass is 269 g/mol. The summed E-state index contributed by atoms with van der Waals surface area (Å²) in [6.07, 6.45) is 2.75. The van der Waals surface area contributed by atoms with Crippen molar-refractivity contribution >= 4 is 23.4 Å². The van der Waals surface area contributed by atoms with Crippen LogP contribution < -0.4 is 0 Å². The van der Waals surface area contributed by atoms with Crippen molar-refractivity contribution in [3.63, 3.8) is 0 Å². The Morgan fingerprint density at radius 2 is 2.22 bits per heavy atom. The number of hydrogen-bond acceptors (Lipinski definition) is 4. The summed E-state index contributed by atoms with van der Waals surface area (Å²) in [6.45, 7) is 4.69. The number of aliphatic carboxylic acids is 1. The smallest absolute Gasteiger partial charge is 0.328 e. The topological polar surface area (TPSA) is 60.8 Å². The largest absolute Gasteiger partial charge is 0.478 e. The van der Waals surface area contributed by atoms with Crippen molar-refractivity contribution in [2.75, 3.05) is 13.7 Å². The Hall–Kier alpha value is -1.17. The Bertz CT molecular complexity index is 437. The fourth-order valence-corrected chi connectivity index (χ4v) is 2.26. The van der Waals surface area contributed by atoms with Gasteiger partial charge in [0, 0.05) is 23.0 Å². The summed E-state index contributed by atoms with van der Waals surface area (Å²) in [5, 5.41) is 19.9. The second-order valence-corrected chi connectivity index (χ2v) is 5.80. The third-order valence-electron chi connectivity index (χ3n) is 2.99. The summed E-state index contributed by atoms with van der Waals surface area (Å²) in [5.74, 6) is -0.948. The van der Waals surface area contributed by atoms with Gasteiger partial charge in [0.1, 0.15) is 0 Å². The van der Waals surface area contributed by atoms with Crippen molar-refractivity contribution in [1.29, 1.82) is 0 Å². The maximum atomic E-state index is 10.5. The molecule has 0 aliphatic heterocycles. The number of carbonyl (C=O) groups is 1. The minimum atomic E-state index is -0.948. The van der Waals surface area contributed by atoms with E-state index < -0.39 is 5.97 Å². The highest BCUT2D eigenvalue weighted by Gasteiger charge is 2.23. The molecule has 1 aromatic heterocycles. The van der Waals surface area contributed by atoms with Crippen LogP contribution in [0.5, 0.6) is 0 Å². The molecule has 0 atom stereocenters. The lowest BCUT2D eigenvalue weighted by Crippen LogP contribution is -2.43. The lowest BCUT2D eigenvalue weighted by molar-refractivity contribution is -0.131. The van der Waals surface area contributed by atoms with Gasteiger partial charge in [-0.2, -0.15) is 0 Å². The molecule has 18 heavy (non-hydrogen) atoms. The van der Waals surface area contributed by atoms with E-state index in [4.69, 9.17) is 5.11 Å². The second-order valence-electron chi connectivity index (χ2n) is 4.80. The first kappa shape index (κ1) is 14.9. The molecule has 0 bridgehead atoms. The molecule has 0 saturated heterocycles. The Labute approximate surface area is 111 Å². The van der Waals surface area contributed by atoms with E-state index in [1.165, 1.54) is 0 Å². The number of carboxylic acid groups (broad SMARTS) is 1. The predicted molar refractivity (Wildman–Crippen MR) is 73.6 cm³/mol. The normalized spacial score (nSPS) is 12.5. The van der Waals surface area contributed by atoms with Gasteiger partial charge in [-0.15, -0.1) is 11.3 Å². The van der Waals surface area contributed by atoms with Gasteiger partial charge in [-0.05, 0) is 44.0 Å². The van der Waals surface area contributed by atoms with Crippen molar-refractivity contribution < 1.29 is 15.0 Å². The third kappa shape index (κ3) is 3.94. The van der Waals surface area contributed by atoms with E-state index >= 15 is 0 Å². The Morgan fingerprint density at radius 3 is 2.78 bits per heavy atom. The van der Waals surface area contributed by atoms with Gasteiger partial charge in [0.2, 0.25) is 0 Å². The van der Waals surface area contributed by atoms with Crippen LogP contribution in [0.2, 0.25) is 0 Å². The number of thiophene rings is 1. The molecule has 0 unspecified atom stereocenters. The SMILES string of the molecule is CN(Cc1sccc1/C=C/C(=O)O)C(C)(C)CO. The molecule has 1 aromatic rings. The number of carboxylic acids is 1. The van der Waals surface area contributed by atoms with Crippen LogP contribution >= 0.6 is 11.3 Å². The average molecular weight is 269 g/mol. The van der Waals surface area contributed by atoms with Gasteiger partial charge in [0.25, 0.3) is 0 Å². The second kappa shape index (κ2) is 6.13. The highest BCUT2D eigenvalue weighted by molar-refractivity contribution is 7.10. The first-order valence-corrected chi connectivity index (χ1v) is 6.54. The molecular weight excluding hydrogens is 250 g/mol. The highest BCUT2D eigenvalue weighted by atomic mass is 32.1. The highest BCUT2D eigenvalue weighted by Crippen LogP contribution is 2.23. The van der Waals surface area contributed by atoms with Crippen LogP contribution in [0.25, 0.3) is 6.08 Å². The van der Waals surface area contributed by atoms with Gasteiger partial charge < -0.3 is 10.2 Å². The molecule has 4 nitrogen and oxygen atoms in total. The van der Waals surface area contributed by atoms with Crippen LogP contribution in [0.1, 0.15) is 24.3 Å². The van der Waals surface area contributed by atoms with Gasteiger partial charge in [0.15, 0.2) is 0 Å². The molecule has 0 aliphatic carbocycles. The molecule has 0 aliphatic rings. The number of aliphatic hydroxyl groups is 1. The zero-order chi connectivity index (χ0) is 13.8. The molecular formula is C13H19NO3S. The van der Waals surface area contributed by atoms with Crippen molar-refractivity contribution in [3.05, 3.63) is 28.0 Å². The molecule has 0 aromatic carbocycles. The molecule has 100 valence electrons. The third-order valence-corrected chi connectivity index (χ3v) is 3.91. The average Bonchev–Trinajstić information content (AvgIpc) is 2.73. The Kier molecular flexibility index (Phi) is 5.07. The van der Waals surface area contributed by atoms with E-state index in [2.05, 4.69) is 4.90 Å². The molecule has 2 N–H and O–H groups in total. The molecule has 5 heteroatoms. The molecule has 1 rings (SSSR count). The van der Waals surface area contributed by atoms with Crippen LogP contribution in [0.3, 0.4) is 0 Å². The van der Waals surface area contributed by atoms with E-state index in [0.29, 0.717) is 6.54 Å². The number of likely N-dealkylation sites (N-methyl/N-ethyl adjacent to an activating group) is 1. The molecule has 0 radical (unpaired) electrons. The zero-order valence-corrected chi connectivity index (χ0v) is 11.7. The quantitative estimate of drug-likeness (QED) is 0.776. The van der Waals surface area contributed by atoms with E-state index in [-0.39, 0.29) is 12.1 Å². The summed E-state index contributed by atoms with van der Waals surface area (Å²) in [7, 11) is 1.95. The van der Waals surface area contributed by atoms with Crippen molar-refractivity contribution in [3.8, 4) is 0 Å². The van der Waals surface area contributed by atoms with Gasteiger partial charge in [0.05, 0.1) is 6.61 Å². The maximum absolute atomic E-state index is 10.5. The zero-order valence-electron chi connectivity index (χ0n) is 10.9. The molecule has 0 spiro atoms. The predicted octanol–water partition coefficient (Wildman–Crippen LogP) is 2.05. The first-order chi connectivity index (χ1) is 8.36. The van der Waals surface area contributed by atoms with Crippen LogP contribution in [0, 0.1) is 0 Å². The summed E-state index contributed by atoms with van der Waals surface area (Å²) in [4.78, 5) is 13.7. The van der Waals surface area contributed by atoms with Crippen molar-refractivity contribution in [2.24, 2.45) is 0 Å². The number of rotatable bonds is 6. The van der Waals surface area contributed by atoms with Gasteiger partial charge in [-0.3, -0.25) is 4.90 Å². The molecule has 0 fully saturated rings. The Balaban J connectivity index is 2.80. The summed E-state index contributed by atoms with van der Waals surface area (Å²) >= 11 is 1.59. The van der Waals surface area contributed by atoms with Crippen molar-refractivity contribution in [2.45, 2.75) is 25.9 Å². The summed E-state index contributed by atoms with van der Waals surface area (Å²) in [5.41, 5.74) is 0.626. The van der Waals surface area contributed by atoms with Crippen LogP contribution in [-0.2, 0) is 11.3 Å². The van der Waals surface area contributed by atoms with Crippen LogP contribution in [0.15, 0.2) is 17.5 Å². The number of aliphatic hydroxyl groups excluding tert-OH is 1. The maximum Gasteiger partial charge on any atom is 0.328 e. The van der Waals surface area contributed by atoms with Gasteiger partial charge in [-0.1, -0.05) is 0 Å². The summed E-state index contributed by atoms with van der Waals surface area (Å²) in [6, 6.07) is 1.90. The minimum absolute atomic E-state index is 0.0785. The van der Waals surface area contributed by atoms with Gasteiger partial charge >= 0.3 is 5.97 Å². The van der Waals surface area contributed by atoms with E-state index in [0.717, 1.165) is 16.5 Å². The van der Waals surface area contributed by atoms with E-state index in [1.807, 2.05) is 32.3 Å². The van der Waals surface area contributed by atoms with Gasteiger partial charge in [-0.25, -0.2) is 4.79 Å². The standard InChI is InChI=1S/C13H19NO3S/c1-13(2,9-15)14(3)8-11-10(6-7-18-11)4-5-12(16)17/h4-7,15H,8-9H2,1-3H3,(H,16,17)/b5-4+. The van der Waals surface area contributed by atoms with Crippen LogP contribution in [0.4, 0.5) is 0 Å². The minimum Gasteiger partial charge on any atom is -0.478 e. The number of hydrogen-bond donors (Lipinski definition) is 2. The van der Waals surface area contributed by atoms with Crippen LogP contribution in [-0.4, -0.2) is 40.3 Å². The lowest BCUT2D eigenvalue weighted by Gasteiger charge is -2.33. The molecule has 1 heterocycles.